The third kappa shape index (κ3) is 4.81. The van der Waals surface area contributed by atoms with Crippen LogP contribution in [0.3, 0.4) is 0 Å². The first kappa shape index (κ1) is 22.3. The van der Waals surface area contributed by atoms with Gasteiger partial charge < -0.3 is 5.32 Å². The van der Waals surface area contributed by atoms with Gasteiger partial charge in [0.1, 0.15) is 0 Å². The quantitative estimate of drug-likeness (QED) is 0.402. The lowest BCUT2D eigenvalue weighted by Crippen LogP contribution is -2.26. The summed E-state index contributed by atoms with van der Waals surface area (Å²) in [5, 5.41) is 2.96. The van der Waals surface area contributed by atoms with Crippen molar-refractivity contribution < 1.29 is 13.2 Å². The Kier molecular flexibility index (Phi) is 6.29. The maximum atomic E-state index is 12.9. The van der Waals surface area contributed by atoms with Gasteiger partial charge in [0.25, 0.3) is 15.9 Å². The largest absolute Gasteiger partial charge is 0.321 e. The number of hydrogen-bond donors (Lipinski definition) is 1. The van der Waals surface area contributed by atoms with Gasteiger partial charge in [0.15, 0.2) is 0 Å². The van der Waals surface area contributed by atoms with E-state index in [4.69, 9.17) is 0 Å². The summed E-state index contributed by atoms with van der Waals surface area (Å²) >= 11 is 0. The van der Waals surface area contributed by atoms with Gasteiger partial charge >= 0.3 is 0 Å². The van der Waals surface area contributed by atoms with E-state index in [2.05, 4.69) is 5.32 Å². The van der Waals surface area contributed by atoms with E-state index in [0.717, 1.165) is 16.7 Å². The van der Waals surface area contributed by atoms with Gasteiger partial charge in [-0.25, -0.2) is 8.42 Å². The number of carbonyl (C=O) groups is 1. The topological polar surface area (TPSA) is 66.5 Å². The van der Waals surface area contributed by atoms with Crippen LogP contribution in [0.2, 0.25) is 0 Å². The highest BCUT2D eigenvalue weighted by atomic mass is 32.2. The Bertz CT molecular complexity index is 1370. The first-order chi connectivity index (χ1) is 15.9. The van der Waals surface area contributed by atoms with Gasteiger partial charge in [-0.05, 0) is 55.0 Å². The molecule has 166 valence electrons. The summed E-state index contributed by atoms with van der Waals surface area (Å²) < 4.78 is 27.1. The van der Waals surface area contributed by atoms with Crippen molar-refractivity contribution in [2.75, 3.05) is 16.7 Å². The SMILES string of the molecule is Cc1ccc(S(=O)(=O)N(C)c2ccc(C(=O)Nc3ccccc3-c3ccccc3)cc2)cc1. The summed E-state index contributed by atoms with van der Waals surface area (Å²) in [6.45, 7) is 1.90. The summed E-state index contributed by atoms with van der Waals surface area (Å²) in [6.07, 6.45) is 0. The highest BCUT2D eigenvalue weighted by Crippen LogP contribution is 2.28. The van der Waals surface area contributed by atoms with Crippen molar-refractivity contribution >= 4 is 27.3 Å². The minimum absolute atomic E-state index is 0.218. The fraction of sp³-hybridized carbons (Fsp3) is 0.0741. The molecule has 0 saturated heterocycles. The van der Waals surface area contributed by atoms with Gasteiger partial charge in [0.2, 0.25) is 0 Å². The van der Waals surface area contributed by atoms with Gasteiger partial charge in [-0.1, -0.05) is 66.2 Å². The Morgan fingerprint density at radius 1 is 0.758 bits per heavy atom. The normalized spacial score (nSPS) is 11.1. The number of nitrogens with one attached hydrogen (secondary N) is 1. The molecule has 1 N–H and O–H groups in total. The van der Waals surface area contributed by atoms with Gasteiger partial charge in [-0.15, -0.1) is 0 Å². The van der Waals surface area contributed by atoms with Crippen LogP contribution in [0.1, 0.15) is 15.9 Å². The molecule has 0 bridgehead atoms. The van der Waals surface area contributed by atoms with Crippen LogP contribution in [0.4, 0.5) is 11.4 Å². The molecule has 0 saturated carbocycles. The Morgan fingerprint density at radius 2 is 1.36 bits per heavy atom. The van der Waals surface area contributed by atoms with Crippen LogP contribution in [0, 0.1) is 6.92 Å². The van der Waals surface area contributed by atoms with Crippen molar-refractivity contribution in [1.29, 1.82) is 0 Å². The molecular formula is C27H24N2O3S. The maximum absolute atomic E-state index is 12.9. The van der Waals surface area contributed by atoms with E-state index in [0.29, 0.717) is 16.9 Å². The molecule has 0 unspecified atom stereocenters. The first-order valence-electron chi connectivity index (χ1n) is 10.5. The molecule has 0 heterocycles. The molecule has 0 atom stereocenters. The molecule has 33 heavy (non-hydrogen) atoms. The average molecular weight is 457 g/mol. The van der Waals surface area contributed by atoms with Crippen LogP contribution in [0.5, 0.6) is 0 Å². The third-order valence-electron chi connectivity index (χ3n) is 5.43. The Labute approximate surface area is 194 Å². The van der Waals surface area contributed by atoms with E-state index in [1.165, 1.54) is 11.4 Å². The van der Waals surface area contributed by atoms with Gasteiger partial charge in [-0.2, -0.15) is 0 Å². The van der Waals surface area contributed by atoms with E-state index >= 15 is 0 Å². The highest BCUT2D eigenvalue weighted by molar-refractivity contribution is 7.92. The number of nitrogens with zero attached hydrogens (tertiary/aromatic N) is 1. The number of amides is 1. The average Bonchev–Trinajstić information content (AvgIpc) is 2.85. The van der Waals surface area contributed by atoms with Crippen molar-refractivity contribution in [3.05, 3.63) is 114 Å². The van der Waals surface area contributed by atoms with Gasteiger partial charge in [0, 0.05) is 23.9 Å². The molecule has 6 heteroatoms. The molecule has 1 amide bonds. The lowest BCUT2D eigenvalue weighted by molar-refractivity contribution is 0.102. The van der Waals surface area contributed by atoms with Crippen LogP contribution in [0.25, 0.3) is 11.1 Å². The lowest BCUT2D eigenvalue weighted by atomic mass is 10.0. The van der Waals surface area contributed by atoms with Crippen molar-refractivity contribution in [1.82, 2.24) is 0 Å². The minimum Gasteiger partial charge on any atom is -0.321 e. The first-order valence-corrected chi connectivity index (χ1v) is 11.9. The molecule has 0 spiro atoms. The molecule has 0 radical (unpaired) electrons. The van der Waals surface area contributed by atoms with Crippen LogP contribution in [-0.4, -0.2) is 21.4 Å². The van der Waals surface area contributed by atoms with E-state index in [9.17, 15) is 13.2 Å². The molecule has 4 aromatic rings. The predicted octanol–water partition coefficient (Wildman–Crippen LogP) is 5.74. The smallest absolute Gasteiger partial charge is 0.264 e. The molecule has 0 aromatic heterocycles. The van der Waals surface area contributed by atoms with Crippen LogP contribution < -0.4 is 9.62 Å². The number of hydrogen-bond acceptors (Lipinski definition) is 3. The molecule has 0 aliphatic rings. The number of sulfonamides is 1. The summed E-state index contributed by atoms with van der Waals surface area (Å²) in [7, 11) is -2.19. The fourth-order valence-electron chi connectivity index (χ4n) is 3.49. The van der Waals surface area contributed by atoms with Crippen LogP contribution >= 0.6 is 0 Å². The Hall–Kier alpha value is -3.90. The summed E-state index contributed by atoms with van der Waals surface area (Å²) in [5.41, 5.74) is 4.52. The summed E-state index contributed by atoms with van der Waals surface area (Å²) in [5.74, 6) is -0.269. The fourth-order valence-corrected chi connectivity index (χ4v) is 4.68. The van der Waals surface area contributed by atoms with Gasteiger partial charge in [-0.3, -0.25) is 9.10 Å². The standard InChI is InChI=1S/C27H24N2O3S/c1-20-12-18-24(19-13-20)33(31,32)29(2)23-16-14-22(15-17-23)27(30)28-26-11-7-6-10-25(26)21-8-4-3-5-9-21/h3-19H,1-2H3,(H,28,30). The van der Waals surface area contributed by atoms with Crippen molar-refractivity contribution in [3.8, 4) is 11.1 Å². The zero-order valence-corrected chi connectivity index (χ0v) is 19.2. The number of benzene rings is 4. The minimum atomic E-state index is -3.69. The van der Waals surface area contributed by atoms with Crippen LogP contribution in [0.15, 0.2) is 108 Å². The molecule has 5 nitrogen and oxygen atoms in total. The predicted molar refractivity (Wildman–Crippen MR) is 133 cm³/mol. The molecule has 0 aliphatic heterocycles. The molecule has 4 rings (SSSR count). The lowest BCUT2D eigenvalue weighted by Gasteiger charge is -2.20. The third-order valence-corrected chi connectivity index (χ3v) is 7.23. The van der Waals surface area contributed by atoms with E-state index in [1.807, 2.05) is 61.5 Å². The zero-order valence-electron chi connectivity index (χ0n) is 18.4. The second kappa shape index (κ2) is 9.30. The Balaban J connectivity index is 1.53. The molecular weight excluding hydrogens is 432 g/mol. The van der Waals surface area contributed by atoms with E-state index in [1.54, 1.807) is 48.5 Å². The second-order valence-corrected chi connectivity index (χ2v) is 9.67. The molecule has 4 aromatic carbocycles. The summed E-state index contributed by atoms with van der Waals surface area (Å²) in [6, 6.07) is 30.7. The molecule has 0 aliphatic carbocycles. The number of aryl methyl sites for hydroxylation is 1. The second-order valence-electron chi connectivity index (χ2n) is 7.70. The van der Waals surface area contributed by atoms with E-state index < -0.39 is 10.0 Å². The Morgan fingerprint density at radius 3 is 2.03 bits per heavy atom. The monoisotopic (exact) mass is 456 g/mol. The van der Waals surface area contributed by atoms with E-state index in [-0.39, 0.29) is 10.8 Å². The summed E-state index contributed by atoms with van der Waals surface area (Å²) in [4.78, 5) is 13.1. The van der Waals surface area contributed by atoms with Gasteiger partial charge in [0.05, 0.1) is 10.6 Å². The zero-order chi connectivity index (χ0) is 23.4. The molecule has 0 fully saturated rings. The van der Waals surface area contributed by atoms with Crippen molar-refractivity contribution in [3.63, 3.8) is 0 Å². The van der Waals surface area contributed by atoms with Crippen LogP contribution in [-0.2, 0) is 10.0 Å². The highest BCUT2D eigenvalue weighted by Gasteiger charge is 2.21. The van der Waals surface area contributed by atoms with Crippen molar-refractivity contribution in [2.24, 2.45) is 0 Å². The number of rotatable bonds is 6. The maximum Gasteiger partial charge on any atom is 0.264 e. The van der Waals surface area contributed by atoms with Crippen molar-refractivity contribution in [2.45, 2.75) is 11.8 Å². The number of para-hydroxylation sites is 1. The number of anilines is 2. The number of carbonyl (C=O) groups excluding carboxylic acids is 1.